The van der Waals surface area contributed by atoms with Gasteiger partial charge in [-0.1, -0.05) is 37.6 Å². The van der Waals surface area contributed by atoms with Gasteiger partial charge in [0.2, 0.25) is 0 Å². The molecule has 0 aliphatic carbocycles. The minimum atomic E-state index is -4.01. The molecule has 0 saturated carbocycles. The Morgan fingerprint density at radius 1 is 1.03 bits per heavy atom. The largest absolute Gasteiger partial charge is 0.506 e. The lowest BCUT2D eigenvalue weighted by molar-refractivity contribution is 0.102. The predicted molar refractivity (Wildman–Crippen MR) is 130 cm³/mol. The number of nitrogens with one attached hydrogen (secondary N) is 2. The van der Waals surface area contributed by atoms with Crippen molar-refractivity contribution >= 4 is 38.9 Å². The van der Waals surface area contributed by atoms with E-state index in [1.54, 1.807) is 42.5 Å². The maximum atomic E-state index is 12.8. The van der Waals surface area contributed by atoms with Crippen LogP contribution in [0.4, 0.5) is 11.4 Å². The monoisotopic (exact) mass is 488 g/mol. The highest BCUT2D eigenvalue weighted by Gasteiger charge is 2.19. The van der Waals surface area contributed by atoms with Crippen LogP contribution in [0.1, 0.15) is 30.6 Å². The van der Waals surface area contributed by atoms with Crippen LogP contribution >= 0.6 is 11.6 Å². The van der Waals surface area contributed by atoms with Gasteiger partial charge in [0.1, 0.15) is 11.5 Å². The highest BCUT2D eigenvalue weighted by molar-refractivity contribution is 7.92. The van der Waals surface area contributed by atoms with Crippen molar-refractivity contribution in [2.75, 3.05) is 16.6 Å². The van der Waals surface area contributed by atoms with E-state index in [9.17, 15) is 18.3 Å². The summed E-state index contributed by atoms with van der Waals surface area (Å²) in [6.07, 6.45) is 0.923. The van der Waals surface area contributed by atoms with E-state index in [-0.39, 0.29) is 27.0 Å². The number of ether oxygens (including phenoxy) is 1. The molecule has 0 spiro atoms. The average Bonchev–Trinajstić information content (AvgIpc) is 2.77. The summed E-state index contributed by atoms with van der Waals surface area (Å²) < 4.78 is 33.6. The Morgan fingerprint density at radius 2 is 1.73 bits per heavy atom. The zero-order chi connectivity index (χ0) is 24.0. The molecular formula is C24H25ClN2O5S. The molecule has 3 N–H and O–H groups in total. The van der Waals surface area contributed by atoms with Gasteiger partial charge in [-0.05, 0) is 66.9 Å². The standard InChI is InChI=1S/C24H25ClN2O5S/c1-16(2)13-14-32-18-9-7-17(8-10-18)24(29)26-22-15-19(11-12-23(22)28)33(30,31)27-21-6-4-3-5-20(21)25/h3-12,15-16,27-28H,13-14H2,1-2H3,(H,26,29). The van der Waals surface area contributed by atoms with Gasteiger partial charge in [0, 0.05) is 5.56 Å². The van der Waals surface area contributed by atoms with Gasteiger partial charge < -0.3 is 15.2 Å². The summed E-state index contributed by atoms with van der Waals surface area (Å²) in [6.45, 7) is 4.80. The number of halogens is 1. The van der Waals surface area contributed by atoms with Crippen LogP contribution in [-0.2, 0) is 10.0 Å². The second kappa shape index (κ2) is 10.6. The number of phenols is 1. The fraction of sp³-hybridized carbons (Fsp3) is 0.208. The Labute approximate surface area is 198 Å². The van der Waals surface area contributed by atoms with Crippen LogP contribution < -0.4 is 14.8 Å². The maximum absolute atomic E-state index is 12.8. The molecule has 9 heteroatoms. The van der Waals surface area contributed by atoms with Crippen molar-refractivity contribution in [1.29, 1.82) is 0 Å². The summed E-state index contributed by atoms with van der Waals surface area (Å²) in [4.78, 5) is 12.5. The van der Waals surface area contributed by atoms with E-state index < -0.39 is 15.9 Å². The maximum Gasteiger partial charge on any atom is 0.262 e. The summed E-state index contributed by atoms with van der Waals surface area (Å²) in [5.41, 5.74) is 0.501. The predicted octanol–water partition coefficient (Wildman–Crippen LogP) is 5.52. The molecule has 0 unspecified atom stereocenters. The van der Waals surface area contributed by atoms with Gasteiger partial charge in [-0.3, -0.25) is 9.52 Å². The quantitative estimate of drug-likeness (QED) is 0.344. The number of para-hydroxylation sites is 1. The molecule has 0 radical (unpaired) electrons. The number of carbonyl (C=O) groups is 1. The highest BCUT2D eigenvalue weighted by Crippen LogP contribution is 2.29. The number of sulfonamides is 1. The number of hydrogen-bond donors (Lipinski definition) is 3. The van der Waals surface area contributed by atoms with Gasteiger partial charge in [-0.2, -0.15) is 0 Å². The molecule has 0 fully saturated rings. The van der Waals surface area contributed by atoms with E-state index in [0.29, 0.717) is 23.8 Å². The number of benzene rings is 3. The van der Waals surface area contributed by atoms with E-state index in [2.05, 4.69) is 23.9 Å². The Bertz CT molecular complexity index is 1230. The molecule has 3 aromatic carbocycles. The molecule has 7 nitrogen and oxygen atoms in total. The fourth-order valence-corrected chi connectivity index (χ4v) is 4.18. The van der Waals surface area contributed by atoms with Gasteiger partial charge in [-0.25, -0.2) is 8.42 Å². The fourth-order valence-electron chi connectivity index (χ4n) is 2.84. The van der Waals surface area contributed by atoms with Crippen molar-refractivity contribution < 1.29 is 23.1 Å². The highest BCUT2D eigenvalue weighted by atomic mass is 35.5. The van der Waals surface area contributed by atoms with Crippen LogP contribution in [-0.4, -0.2) is 26.0 Å². The Kier molecular flexibility index (Phi) is 7.84. The summed E-state index contributed by atoms with van der Waals surface area (Å²) in [6, 6.07) is 16.6. The SMILES string of the molecule is CC(C)CCOc1ccc(C(=O)Nc2cc(S(=O)(=O)Nc3ccccc3Cl)ccc2O)cc1. The smallest absolute Gasteiger partial charge is 0.262 e. The van der Waals surface area contributed by atoms with E-state index in [4.69, 9.17) is 16.3 Å². The van der Waals surface area contributed by atoms with Crippen molar-refractivity contribution in [3.8, 4) is 11.5 Å². The Hall–Kier alpha value is -3.23. The summed E-state index contributed by atoms with van der Waals surface area (Å²) in [7, 11) is -4.01. The first kappa shape index (κ1) is 24.4. The third-order valence-corrected chi connectivity index (χ3v) is 6.42. The van der Waals surface area contributed by atoms with Gasteiger partial charge in [0.05, 0.1) is 27.9 Å². The lowest BCUT2D eigenvalue weighted by Crippen LogP contribution is -2.15. The van der Waals surface area contributed by atoms with Crippen LogP contribution in [0.2, 0.25) is 5.02 Å². The molecule has 0 aromatic heterocycles. The molecular weight excluding hydrogens is 464 g/mol. The van der Waals surface area contributed by atoms with Crippen molar-refractivity contribution in [3.63, 3.8) is 0 Å². The zero-order valence-electron chi connectivity index (χ0n) is 18.2. The van der Waals surface area contributed by atoms with Crippen LogP contribution in [0.15, 0.2) is 71.6 Å². The normalized spacial score (nSPS) is 11.3. The number of rotatable bonds is 9. The van der Waals surface area contributed by atoms with Crippen molar-refractivity contribution in [2.24, 2.45) is 5.92 Å². The molecule has 0 bridgehead atoms. The average molecular weight is 489 g/mol. The van der Waals surface area contributed by atoms with E-state index in [1.165, 1.54) is 24.3 Å². The lowest BCUT2D eigenvalue weighted by atomic mass is 10.1. The first-order valence-electron chi connectivity index (χ1n) is 10.3. The van der Waals surface area contributed by atoms with Crippen LogP contribution in [0.5, 0.6) is 11.5 Å². The second-order valence-electron chi connectivity index (χ2n) is 7.77. The number of anilines is 2. The second-order valence-corrected chi connectivity index (χ2v) is 9.86. The molecule has 33 heavy (non-hydrogen) atoms. The molecule has 3 rings (SSSR count). The Morgan fingerprint density at radius 3 is 2.39 bits per heavy atom. The zero-order valence-corrected chi connectivity index (χ0v) is 19.8. The number of amides is 1. The van der Waals surface area contributed by atoms with E-state index in [0.717, 1.165) is 6.42 Å². The molecule has 1 amide bonds. The van der Waals surface area contributed by atoms with Gasteiger partial charge in [0.15, 0.2) is 0 Å². The first-order chi connectivity index (χ1) is 15.7. The van der Waals surface area contributed by atoms with Crippen molar-refractivity contribution in [2.45, 2.75) is 25.2 Å². The van der Waals surface area contributed by atoms with Crippen LogP contribution in [0.25, 0.3) is 0 Å². The minimum Gasteiger partial charge on any atom is -0.506 e. The van der Waals surface area contributed by atoms with E-state index >= 15 is 0 Å². The molecule has 174 valence electrons. The van der Waals surface area contributed by atoms with Crippen molar-refractivity contribution in [1.82, 2.24) is 0 Å². The Balaban J connectivity index is 1.73. The molecule has 0 aliphatic heterocycles. The lowest BCUT2D eigenvalue weighted by Gasteiger charge is -2.13. The number of carbonyl (C=O) groups excluding carboxylic acids is 1. The summed E-state index contributed by atoms with van der Waals surface area (Å²) in [5.74, 6) is 0.400. The van der Waals surface area contributed by atoms with Crippen molar-refractivity contribution in [3.05, 3.63) is 77.3 Å². The van der Waals surface area contributed by atoms with Gasteiger partial charge in [0.25, 0.3) is 15.9 Å². The molecule has 3 aromatic rings. The summed E-state index contributed by atoms with van der Waals surface area (Å²) in [5, 5.41) is 12.9. The first-order valence-corrected chi connectivity index (χ1v) is 12.2. The number of aromatic hydroxyl groups is 1. The third kappa shape index (κ3) is 6.63. The molecule has 0 aliphatic rings. The number of hydrogen-bond acceptors (Lipinski definition) is 5. The van der Waals surface area contributed by atoms with Crippen LogP contribution in [0, 0.1) is 5.92 Å². The molecule has 0 saturated heterocycles. The number of phenolic OH excluding ortho intramolecular Hbond substituents is 1. The summed E-state index contributed by atoms with van der Waals surface area (Å²) >= 11 is 6.03. The van der Waals surface area contributed by atoms with Gasteiger partial charge in [-0.15, -0.1) is 0 Å². The molecule has 0 heterocycles. The van der Waals surface area contributed by atoms with Crippen LogP contribution in [0.3, 0.4) is 0 Å². The topological polar surface area (TPSA) is 105 Å². The van der Waals surface area contributed by atoms with E-state index in [1.807, 2.05) is 0 Å². The molecule has 0 atom stereocenters. The minimum absolute atomic E-state index is 0.0423. The third-order valence-electron chi connectivity index (χ3n) is 4.73. The van der Waals surface area contributed by atoms with Gasteiger partial charge >= 0.3 is 0 Å².